The van der Waals surface area contributed by atoms with Gasteiger partial charge in [0.15, 0.2) is 6.10 Å². The minimum absolute atomic E-state index is 0.0262. The van der Waals surface area contributed by atoms with Crippen LogP contribution in [0.15, 0.2) is 30.3 Å². The van der Waals surface area contributed by atoms with Crippen LogP contribution >= 0.6 is 0 Å². The Hall–Kier alpha value is -1.35. The number of rotatable bonds is 3. The van der Waals surface area contributed by atoms with Gasteiger partial charge < -0.3 is 9.47 Å². The molecule has 0 radical (unpaired) electrons. The van der Waals surface area contributed by atoms with Crippen molar-refractivity contribution in [2.45, 2.75) is 25.7 Å². The Morgan fingerprint density at radius 1 is 1.43 bits per heavy atom. The lowest BCUT2D eigenvalue weighted by Crippen LogP contribution is -2.12. The van der Waals surface area contributed by atoms with Crippen molar-refractivity contribution < 1.29 is 14.3 Å². The monoisotopic (exact) mass is 192 g/mol. The molecule has 1 fully saturated rings. The second-order valence-electron chi connectivity index (χ2n) is 3.36. The third kappa shape index (κ3) is 2.12. The van der Waals surface area contributed by atoms with E-state index in [1.807, 2.05) is 37.3 Å². The largest absolute Gasteiger partial charge is 0.459 e. The van der Waals surface area contributed by atoms with Gasteiger partial charge in [0.1, 0.15) is 6.61 Å². The van der Waals surface area contributed by atoms with Crippen LogP contribution in [0.4, 0.5) is 0 Å². The van der Waals surface area contributed by atoms with Crippen molar-refractivity contribution in [1.29, 1.82) is 0 Å². The Kier molecular flexibility index (Phi) is 2.50. The van der Waals surface area contributed by atoms with E-state index < -0.39 is 0 Å². The predicted octanol–water partition coefficient (Wildman–Crippen LogP) is 1.52. The first-order chi connectivity index (χ1) is 6.77. The molecule has 2 rings (SSSR count). The average Bonchev–Trinajstić information content (AvgIpc) is 2.94. The summed E-state index contributed by atoms with van der Waals surface area (Å²) in [6, 6.07) is 9.60. The molecule has 0 aliphatic carbocycles. The number of carbonyl (C=O) groups is 1. The lowest BCUT2D eigenvalue weighted by atomic mass is 10.2. The van der Waals surface area contributed by atoms with Crippen molar-refractivity contribution >= 4 is 5.97 Å². The van der Waals surface area contributed by atoms with Gasteiger partial charge in [0.25, 0.3) is 0 Å². The zero-order chi connectivity index (χ0) is 9.97. The van der Waals surface area contributed by atoms with Gasteiger partial charge >= 0.3 is 5.97 Å². The summed E-state index contributed by atoms with van der Waals surface area (Å²) >= 11 is 0. The molecule has 74 valence electrons. The zero-order valence-electron chi connectivity index (χ0n) is 7.97. The second kappa shape index (κ2) is 3.80. The summed E-state index contributed by atoms with van der Waals surface area (Å²) in [4.78, 5) is 11.2. The summed E-state index contributed by atoms with van der Waals surface area (Å²) in [5, 5.41) is 0. The normalized spacial score (nSPS) is 24.4. The molecule has 1 aromatic carbocycles. The van der Waals surface area contributed by atoms with Gasteiger partial charge in [-0.25, -0.2) is 4.79 Å². The summed E-state index contributed by atoms with van der Waals surface area (Å²) in [6.45, 7) is 2.18. The maximum Gasteiger partial charge on any atom is 0.338 e. The van der Waals surface area contributed by atoms with Crippen molar-refractivity contribution in [3.8, 4) is 0 Å². The summed E-state index contributed by atoms with van der Waals surface area (Å²) < 4.78 is 10.1. The molecule has 0 saturated carbocycles. The van der Waals surface area contributed by atoms with Crippen LogP contribution in [0.3, 0.4) is 0 Å². The second-order valence-corrected chi connectivity index (χ2v) is 3.36. The van der Waals surface area contributed by atoms with E-state index in [0.29, 0.717) is 6.61 Å². The first-order valence-corrected chi connectivity index (χ1v) is 4.63. The summed E-state index contributed by atoms with van der Waals surface area (Å²) in [5.74, 6) is -0.263. The molecular formula is C11H12O3. The smallest absolute Gasteiger partial charge is 0.338 e. The molecule has 1 aliphatic rings. The number of esters is 1. The van der Waals surface area contributed by atoms with Gasteiger partial charge in [-0.2, -0.15) is 0 Å². The number of ether oxygens (including phenoxy) is 2. The van der Waals surface area contributed by atoms with Crippen molar-refractivity contribution in [3.63, 3.8) is 0 Å². The zero-order valence-corrected chi connectivity index (χ0v) is 7.97. The molecule has 3 nitrogen and oxygen atoms in total. The van der Waals surface area contributed by atoms with Crippen molar-refractivity contribution in [2.24, 2.45) is 0 Å². The molecule has 0 bridgehead atoms. The molecule has 0 spiro atoms. The van der Waals surface area contributed by atoms with Crippen LogP contribution in [0.2, 0.25) is 0 Å². The van der Waals surface area contributed by atoms with Gasteiger partial charge in [-0.3, -0.25) is 0 Å². The molecule has 1 heterocycles. The molecule has 1 aromatic rings. The molecule has 14 heavy (non-hydrogen) atoms. The molecule has 0 aromatic heterocycles. The van der Waals surface area contributed by atoms with Crippen LogP contribution in [0.25, 0.3) is 0 Å². The fourth-order valence-corrected chi connectivity index (χ4v) is 1.24. The lowest BCUT2D eigenvalue weighted by molar-refractivity contribution is -0.146. The standard InChI is InChI=1S/C11H12O3/c1-8-10(14-8)11(12)13-7-9-5-3-2-4-6-9/h2-6,8,10H,7H2,1H3/t8-,10-/m0/s1. The Bertz CT molecular complexity index is 321. The van der Waals surface area contributed by atoms with E-state index in [0.717, 1.165) is 5.56 Å². The number of benzene rings is 1. The first-order valence-electron chi connectivity index (χ1n) is 4.63. The predicted molar refractivity (Wildman–Crippen MR) is 50.6 cm³/mol. The van der Waals surface area contributed by atoms with Crippen LogP contribution < -0.4 is 0 Å². The van der Waals surface area contributed by atoms with Crippen LogP contribution in [0.1, 0.15) is 12.5 Å². The molecule has 0 unspecified atom stereocenters. The van der Waals surface area contributed by atoms with Gasteiger partial charge in [0.05, 0.1) is 6.10 Å². The summed E-state index contributed by atoms with van der Waals surface area (Å²) in [5.41, 5.74) is 0.995. The van der Waals surface area contributed by atoms with E-state index in [1.54, 1.807) is 0 Å². The fraction of sp³-hybridized carbons (Fsp3) is 0.364. The molecular weight excluding hydrogens is 180 g/mol. The van der Waals surface area contributed by atoms with Crippen molar-refractivity contribution in [1.82, 2.24) is 0 Å². The SMILES string of the molecule is C[C@@H]1O[C@@H]1C(=O)OCc1ccccc1. The fourth-order valence-electron chi connectivity index (χ4n) is 1.24. The van der Waals surface area contributed by atoms with Gasteiger partial charge in [-0.15, -0.1) is 0 Å². The van der Waals surface area contributed by atoms with Gasteiger partial charge in [-0.05, 0) is 12.5 Å². The highest BCUT2D eigenvalue weighted by Crippen LogP contribution is 2.22. The van der Waals surface area contributed by atoms with Crippen LogP contribution in [0, 0.1) is 0 Å². The Morgan fingerprint density at radius 3 is 2.64 bits per heavy atom. The van der Waals surface area contributed by atoms with Crippen LogP contribution in [-0.4, -0.2) is 18.2 Å². The average molecular weight is 192 g/mol. The summed E-state index contributed by atoms with van der Waals surface area (Å²) in [7, 11) is 0. The molecule has 0 amide bonds. The van der Waals surface area contributed by atoms with Crippen molar-refractivity contribution in [3.05, 3.63) is 35.9 Å². The minimum atomic E-state index is -0.335. The number of hydrogen-bond donors (Lipinski definition) is 0. The number of hydrogen-bond acceptors (Lipinski definition) is 3. The molecule has 1 saturated heterocycles. The Morgan fingerprint density at radius 2 is 2.07 bits per heavy atom. The maximum absolute atomic E-state index is 11.2. The van der Waals surface area contributed by atoms with E-state index >= 15 is 0 Å². The van der Waals surface area contributed by atoms with E-state index in [4.69, 9.17) is 9.47 Å². The topological polar surface area (TPSA) is 38.8 Å². The molecule has 2 atom stereocenters. The third-order valence-electron chi connectivity index (χ3n) is 2.17. The molecule has 1 aliphatic heterocycles. The quantitative estimate of drug-likeness (QED) is 0.538. The highest BCUT2D eigenvalue weighted by atomic mass is 16.6. The highest BCUT2D eigenvalue weighted by Gasteiger charge is 2.42. The lowest BCUT2D eigenvalue weighted by Gasteiger charge is -2.02. The summed E-state index contributed by atoms with van der Waals surface area (Å²) in [6.07, 6.45) is -0.308. The highest BCUT2D eigenvalue weighted by molar-refractivity contribution is 5.77. The Labute approximate surface area is 82.6 Å². The van der Waals surface area contributed by atoms with Gasteiger partial charge in [0.2, 0.25) is 0 Å². The van der Waals surface area contributed by atoms with Crippen LogP contribution in [0.5, 0.6) is 0 Å². The first kappa shape index (κ1) is 9.21. The van der Waals surface area contributed by atoms with Crippen molar-refractivity contribution in [2.75, 3.05) is 0 Å². The molecule has 0 N–H and O–H groups in total. The number of epoxide rings is 1. The molecule has 3 heteroatoms. The Balaban J connectivity index is 1.80. The van der Waals surface area contributed by atoms with E-state index in [-0.39, 0.29) is 18.2 Å². The maximum atomic E-state index is 11.2. The third-order valence-corrected chi connectivity index (χ3v) is 2.17. The van der Waals surface area contributed by atoms with Crippen LogP contribution in [-0.2, 0) is 20.9 Å². The number of carbonyl (C=O) groups excluding carboxylic acids is 1. The van der Waals surface area contributed by atoms with Gasteiger partial charge in [0, 0.05) is 0 Å². The minimum Gasteiger partial charge on any atom is -0.459 e. The van der Waals surface area contributed by atoms with E-state index in [1.165, 1.54) is 0 Å². The van der Waals surface area contributed by atoms with E-state index in [2.05, 4.69) is 0 Å². The van der Waals surface area contributed by atoms with E-state index in [9.17, 15) is 4.79 Å². The van der Waals surface area contributed by atoms with Gasteiger partial charge in [-0.1, -0.05) is 30.3 Å².